The van der Waals surface area contributed by atoms with Crippen LogP contribution in [0.1, 0.15) is 38.7 Å². The SMILES string of the molecule is C=CCc1ccc(NCCCCC)cc1.CC(=O)O.N=C(N)N. The summed E-state index contributed by atoms with van der Waals surface area (Å²) >= 11 is 0. The highest BCUT2D eigenvalue weighted by Gasteiger charge is 1.92. The molecule has 6 nitrogen and oxygen atoms in total. The maximum absolute atomic E-state index is 9.00. The number of carbonyl (C=O) groups is 1. The van der Waals surface area contributed by atoms with Crippen LogP contribution in [-0.2, 0) is 11.2 Å². The summed E-state index contributed by atoms with van der Waals surface area (Å²) in [5.74, 6) is -1.17. The number of nitrogens with one attached hydrogen (secondary N) is 2. The summed E-state index contributed by atoms with van der Waals surface area (Å²) in [5.41, 5.74) is 11.5. The van der Waals surface area contributed by atoms with Gasteiger partial charge in [-0.2, -0.15) is 0 Å². The number of nitrogens with two attached hydrogens (primary N) is 2. The van der Waals surface area contributed by atoms with E-state index in [4.69, 9.17) is 15.3 Å². The Labute approximate surface area is 139 Å². The normalized spacial score (nSPS) is 8.61. The number of allylic oxidation sites excluding steroid dienone is 1. The Morgan fingerprint density at radius 2 is 1.78 bits per heavy atom. The molecule has 0 aliphatic rings. The van der Waals surface area contributed by atoms with Gasteiger partial charge < -0.3 is 21.9 Å². The number of hydrogen-bond acceptors (Lipinski definition) is 3. The Morgan fingerprint density at radius 1 is 1.30 bits per heavy atom. The van der Waals surface area contributed by atoms with Crippen molar-refractivity contribution in [2.45, 2.75) is 39.5 Å². The first-order chi connectivity index (χ1) is 10.8. The Hall–Kier alpha value is -2.50. The van der Waals surface area contributed by atoms with Crippen molar-refractivity contribution in [1.29, 1.82) is 5.41 Å². The summed E-state index contributed by atoms with van der Waals surface area (Å²) in [6, 6.07) is 8.60. The number of carboxylic acids is 1. The standard InChI is InChI=1S/C14H21N.C2H4O2.CH5N3/c1-3-5-6-12-15-14-10-8-13(7-4-2)9-11-14;1-2(3)4;2-1(3)4/h4,8-11,15H,2-3,5-7,12H2,1H3;1H3,(H,3,4);(H5,2,3,4). The molecule has 0 amide bonds. The van der Waals surface area contributed by atoms with Gasteiger partial charge in [0.25, 0.3) is 5.97 Å². The predicted molar refractivity (Wildman–Crippen MR) is 97.8 cm³/mol. The number of hydrogen-bond donors (Lipinski definition) is 5. The zero-order valence-corrected chi connectivity index (χ0v) is 14.1. The molecule has 0 heterocycles. The second-order valence-electron chi connectivity index (χ2n) is 4.80. The van der Waals surface area contributed by atoms with E-state index in [2.05, 4.69) is 54.6 Å². The highest BCUT2D eigenvalue weighted by atomic mass is 16.4. The van der Waals surface area contributed by atoms with E-state index in [0.29, 0.717) is 0 Å². The molecule has 0 aromatic heterocycles. The summed E-state index contributed by atoms with van der Waals surface area (Å²) in [6.07, 6.45) is 6.73. The van der Waals surface area contributed by atoms with Crippen molar-refractivity contribution in [3.05, 3.63) is 42.5 Å². The molecule has 0 aliphatic heterocycles. The molecule has 0 unspecified atom stereocenters. The zero-order chi connectivity index (χ0) is 18.1. The minimum atomic E-state index is -0.833. The van der Waals surface area contributed by atoms with Crippen LogP contribution in [0, 0.1) is 5.41 Å². The topological polar surface area (TPSA) is 125 Å². The van der Waals surface area contributed by atoms with E-state index < -0.39 is 5.97 Å². The predicted octanol–water partition coefficient (Wildman–Crippen LogP) is 2.95. The van der Waals surface area contributed by atoms with Crippen LogP contribution in [0.25, 0.3) is 0 Å². The fourth-order valence-electron chi connectivity index (χ4n) is 1.53. The van der Waals surface area contributed by atoms with Gasteiger partial charge in [-0.3, -0.25) is 10.2 Å². The van der Waals surface area contributed by atoms with Gasteiger partial charge in [0.15, 0.2) is 5.96 Å². The molecule has 1 rings (SSSR count). The zero-order valence-electron chi connectivity index (χ0n) is 14.1. The van der Waals surface area contributed by atoms with Crippen LogP contribution in [0.4, 0.5) is 5.69 Å². The summed E-state index contributed by atoms with van der Waals surface area (Å²) < 4.78 is 0. The monoisotopic (exact) mass is 322 g/mol. The van der Waals surface area contributed by atoms with E-state index >= 15 is 0 Å². The molecule has 6 heteroatoms. The molecule has 0 atom stereocenters. The number of aliphatic carboxylic acids is 1. The van der Waals surface area contributed by atoms with E-state index in [1.165, 1.54) is 30.5 Å². The average Bonchev–Trinajstić information content (AvgIpc) is 2.44. The van der Waals surface area contributed by atoms with E-state index in [1.54, 1.807) is 0 Å². The average molecular weight is 322 g/mol. The second kappa shape index (κ2) is 15.9. The van der Waals surface area contributed by atoms with Gasteiger partial charge in [-0.25, -0.2) is 0 Å². The minimum Gasteiger partial charge on any atom is -0.481 e. The van der Waals surface area contributed by atoms with Crippen LogP contribution in [0.15, 0.2) is 36.9 Å². The van der Waals surface area contributed by atoms with Crippen LogP contribution in [0.3, 0.4) is 0 Å². The maximum atomic E-state index is 9.00. The van der Waals surface area contributed by atoms with Gasteiger partial charge in [0.05, 0.1) is 0 Å². The highest BCUT2D eigenvalue weighted by Crippen LogP contribution is 2.10. The highest BCUT2D eigenvalue weighted by molar-refractivity contribution is 5.71. The Morgan fingerprint density at radius 3 is 2.17 bits per heavy atom. The lowest BCUT2D eigenvalue weighted by atomic mass is 10.1. The van der Waals surface area contributed by atoms with Gasteiger partial charge in [0, 0.05) is 19.2 Å². The molecule has 7 N–H and O–H groups in total. The van der Waals surface area contributed by atoms with Crippen molar-refractivity contribution in [2.24, 2.45) is 11.5 Å². The lowest BCUT2D eigenvalue weighted by Gasteiger charge is -2.06. The molecule has 0 fully saturated rings. The number of benzene rings is 1. The van der Waals surface area contributed by atoms with E-state index in [1.807, 2.05) is 6.08 Å². The van der Waals surface area contributed by atoms with Crippen molar-refractivity contribution in [3.8, 4) is 0 Å². The van der Waals surface area contributed by atoms with Gasteiger partial charge in [0.1, 0.15) is 0 Å². The first-order valence-corrected chi connectivity index (χ1v) is 7.56. The van der Waals surface area contributed by atoms with Crippen molar-refractivity contribution >= 4 is 17.6 Å². The van der Waals surface area contributed by atoms with Crippen LogP contribution in [0.2, 0.25) is 0 Å². The summed E-state index contributed by atoms with van der Waals surface area (Å²) in [6.45, 7) is 8.12. The number of guanidine groups is 1. The first-order valence-electron chi connectivity index (χ1n) is 7.56. The third-order valence-corrected chi connectivity index (χ3v) is 2.44. The fraction of sp³-hybridized carbons (Fsp3) is 0.412. The van der Waals surface area contributed by atoms with Gasteiger partial charge in [-0.15, -0.1) is 6.58 Å². The molecular weight excluding hydrogens is 292 g/mol. The minimum absolute atomic E-state index is 0.333. The quantitative estimate of drug-likeness (QED) is 0.228. The number of rotatable bonds is 7. The largest absolute Gasteiger partial charge is 0.481 e. The maximum Gasteiger partial charge on any atom is 0.300 e. The third-order valence-electron chi connectivity index (χ3n) is 2.44. The first kappa shape index (κ1) is 22.8. The van der Waals surface area contributed by atoms with Crippen LogP contribution < -0.4 is 16.8 Å². The van der Waals surface area contributed by atoms with Crippen molar-refractivity contribution in [1.82, 2.24) is 0 Å². The fourth-order valence-corrected chi connectivity index (χ4v) is 1.53. The molecule has 23 heavy (non-hydrogen) atoms. The lowest BCUT2D eigenvalue weighted by Crippen LogP contribution is -2.20. The molecule has 0 spiro atoms. The molecule has 130 valence electrons. The van der Waals surface area contributed by atoms with Crippen LogP contribution in [-0.4, -0.2) is 23.6 Å². The molecule has 0 radical (unpaired) electrons. The van der Waals surface area contributed by atoms with Gasteiger partial charge >= 0.3 is 0 Å². The van der Waals surface area contributed by atoms with Gasteiger partial charge in [0.2, 0.25) is 0 Å². The molecule has 0 saturated heterocycles. The Balaban J connectivity index is 0. The summed E-state index contributed by atoms with van der Waals surface area (Å²) in [7, 11) is 0. The molecular formula is C17H30N4O2. The van der Waals surface area contributed by atoms with E-state index in [0.717, 1.165) is 19.9 Å². The second-order valence-corrected chi connectivity index (χ2v) is 4.80. The Kier molecular flexibility index (Phi) is 15.7. The van der Waals surface area contributed by atoms with Crippen molar-refractivity contribution < 1.29 is 9.90 Å². The molecule has 1 aromatic rings. The molecule has 0 bridgehead atoms. The lowest BCUT2D eigenvalue weighted by molar-refractivity contribution is -0.134. The van der Waals surface area contributed by atoms with Crippen molar-refractivity contribution in [3.63, 3.8) is 0 Å². The molecule has 0 saturated carbocycles. The molecule has 1 aromatic carbocycles. The van der Waals surface area contributed by atoms with Crippen molar-refractivity contribution in [2.75, 3.05) is 11.9 Å². The molecule has 0 aliphatic carbocycles. The Bertz CT molecular complexity index is 424. The number of carboxylic acid groups (broad SMARTS) is 1. The van der Waals surface area contributed by atoms with Gasteiger partial charge in [-0.1, -0.05) is 38.0 Å². The van der Waals surface area contributed by atoms with Crippen LogP contribution in [0.5, 0.6) is 0 Å². The van der Waals surface area contributed by atoms with E-state index in [-0.39, 0.29) is 5.96 Å². The summed E-state index contributed by atoms with van der Waals surface area (Å²) in [5, 5.41) is 16.9. The summed E-state index contributed by atoms with van der Waals surface area (Å²) in [4.78, 5) is 9.00. The van der Waals surface area contributed by atoms with Gasteiger partial charge in [-0.05, 0) is 30.5 Å². The van der Waals surface area contributed by atoms with E-state index in [9.17, 15) is 0 Å². The third kappa shape index (κ3) is 21.9. The smallest absolute Gasteiger partial charge is 0.300 e. The number of unbranched alkanes of at least 4 members (excludes halogenated alkanes) is 2. The van der Waals surface area contributed by atoms with Crippen LogP contribution >= 0.6 is 0 Å². The number of anilines is 1.